The summed E-state index contributed by atoms with van der Waals surface area (Å²) in [7, 11) is 0. The maximum Gasteiger partial charge on any atom is 0.248 e. The van der Waals surface area contributed by atoms with Gasteiger partial charge in [-0.3, -0.25) is 4.79 Å². The Kier molecular flexibility index (Phi) is 3.55. The average Bonchev–Trinajstić information content (AvgIpc) is 2.39. The van der Waals surface area contributed by atoms with Crippen molar-refractivity contribution >= 4 is 6.29 Å². The van der Waals surface area contributed by atoms with Crippen molar-refractivity contribution in [1.82, 2.24) is 0 Å². The van der Waals surface area contributed by atoms with Crippen LogP contribution in [0.2, 0.25) is 0 Å². The molecule has 1 aliphatic carbocycles. The van der Waals surface area contributed by atoms with Crippen LogP contribution in [0.3, 0.4) is 0 Å². The summed E-state index contributed by atoms with van der Waals surface area (Å²) in [5, 5.41) is 0. The molecule has 0 atom stereocenters. The van der Waals surface area contributed by atoms with E-state index in [9.17, 15) is 13.6 Å². The number of halogens is 2. The first-order chi connectivity index (χ1) is 8.20. The lowest BCUT2D eigenvalue weighted by Crippen LogP contribution is -2.37. The van der Waals surface area contributed by atoms with Gasteiger partial charge in [0.05, 0.1) is 5.41 Å². The second-order valence-corrected chi connectivity index (χ2v) is 4.72. The number of carbonyl (C=O) groups excluding carboxylic acids is 1. The molecule has 1 nitrogen and oxygen atoms in total. The fourth-order valence-corrected chi connectivity index (χ4v) is 2.84. The fraction of sp³-hybridized carbons (Fsp3) is 0.500. The summed E-state index contributed by atoms with van der Waals surface area (Å²) in [6, 6.07) is 6.76. The Morgan fingerprint density at radius 2 is 1.76 bits per heavy atom. The molecule has 1 aromatic carbocycles. The molecule has 0 aliphatic heterocycles. The number of alkyl halides is 2. The molecule has 0 spiro atoms. The SMILES string of the molecule is O=Cc1ccccc1C1(C(F)F)CCCCC1. The van der Waals surface area contributed by atoms with Crippen molar-refractivity contribution in [3.05, 3.63) is 35.4 Å². The minimum absolute atomic E-state index is 0.412. The zero-order valence-corrected chi connectivity index (χ0v) is 9.66. The molecule has 0 amide bonds. The Bertz CT molecular complexity index is 395. The number of rotatable bonds is 3. The quantitative estimate of drug-likeness (QED) is 0.728. The highest BCUT2D eigenvalue weighted by molar-refractivity contribution is 5.78. The van der Waals surface area contributed by atoms with Crippen LogP contribution < -0.4 is 0 Å². The normalized spacial score (nSPS) is 19.2. The van der Waals surface area contributed by atoms with Gasteiger partial charge in [-0.25, -0.2) is 8.78 Å². The highest BCUT2D eigenvalue weighted by Gasteiger charge is 2.43. The number of benzene rings is 1. The van der Waals surface area contributed by atoms with E-state index in [0.717, 1.165) is 19.3 Å². The molecule has 1 aromatic rings. The van der Waals surface area contributed by atoms with Crippen molar-refractivity contribution in [2.75, 3.05) is 0 Å². The predicted molar refractivity (Wildman–Crippen MR) is 62.6 cm³/mol. The van der Waals surface area contributed by atoms with Crippen molar-refractivity contribution in [3.8, 4) is 0 Å². The summed E-state index contributed by atoms with van der Waals surface area (Å²) in [6.07, 6.45) is 1.90. The molecule has 0 saturated heterocycles. The summed E-state index contributed by atoms with van der Waals surface area (Å²) in [5.41, 5.74) is -0.158. The van der Waals surface area contributed by atoms with Gasteiger partial charge in [0.25, 0.3) is 0 Å². The van der Waals surface area contributed by atoms with Crippen LogP contribution in [0.5, 0.6) is 0 Å². The largest absolute Gasteiger partial charge is 0.298 e. The molecule has 1 aliphatic rings. The van der Waals surface area contributed by atoms with Gasteiger partial charge in [-0.1, -0.05) is 43.5 Å². The van der Waals surface area contributed by atoms with Crippen molar-refractivity contribution in [2.24, 2.45) is 0 Å². The molecule has 3 heteroatoms. The molecule has 1 fully saturated rings. The summed E-state index contributed by atoms with van der Waals surface area (Å²) >= 11 is 0. The van der Waals surface area contributed by atoms with Crippen LogP contribution in [0.1, 0.15) is 48.0 Å². The lowest BCUT2D eigenvalue weighted by atomic mass is 9.68. The third-order valence-corrected chi connectivity index (χ3v) is 3.79. The Hall–Kier alpha value is -1.25. The van der Waals surface area contributed by atoms with Crippen molar-refractivity contribution in [3.63, 3.8) is 0 Å². The maximum absolute atomic E-state index is 13.5. The molecule has 0 N–H and O–H groups in total. The van der Waals surface area contributed by atoms with Gasteiger partial charge in [-0.05, 0) is 18.4 Å². The molecule has 1 saturated carbocycles. The van der Waals surface area contributed by atoms with E-state index in [1.807, 2.05) is 0 Å². The standard InChI is InChI=1S/C14H16F2O/c15-13(16)14(8-4-1-5-9-14)12-7-3-2-6-11(12)10-17/h2-3,6-7,10,13H,1,4-5,8-9H2. The smallest absolute Gasteiger partial charge is 0.248 e. The second-order valence-electron chi connectivity index (χ2n) is 4.72. The van der Waals surface area contributed by atoms with Gasteiger partial charge >= 0.3 is 0 Å². The van der Waals surface area contributed by atoms with Crippen LogP contribution in [0, 0.1) is 0 Å². The zero-order valence-electron chi connectivity index (χ0n) is 9.66. The Morgan fingerprint density at radius 1 is 1.12 bits per heavy atom. The fourth-order valence-electron chi connectivity index (χ4n) is 2.84. The maximum atomic E-state index is 13.5. The molecule has 0 unspecified atom stereocenters. The number of aldehydes is 1. The molecule has 0 bridgehead atoms. The summed E-state index contributed by atoms with van der Waals surface area (Å²) in [6.45, 7) is 0. The van der Waals surface area contributed by atoms with Gasteiger partial charge in [0.1, 0.15) is 6.29 Å². The number of hydrogen-bond acceptors (Lipinski definition) is 1. The van der Waals surface area contributed by atoms with Crippen LogP contribution in [-0.2, 0) is 5.41 Å². The molecule has 92 valence electrons. The van der Waals surface area contributed by atoms with Gasteiger partial charge in [0.2, 0.25) is 6.43 Å². The highest BCUT2D eigenvalue weighted by Crippen LogP contribution is 2.44. The van der Waals surface area contributed by atoms with Crippen LogP contribution in [0.25, 0.3) is 0 Å². The monoisotopic (exact) mass is 238 g/mol. The van der Waals surface area contributed by atoms with Gasteiger partial charge in [-0.15, -0.1) is 0 Å². The summed E-state index contributed by atoms with van der Waals surface area (Å²) < 4.78 is 26.9. The van der Waals surface area contributed by atoms with Crippen LogP contribution in [0.15, 0.2) is 24.3 Å². The van der Waals surface area contributed by atoms with E-state index in [1.165, 1.54) is 0 Å². The Balaban J connectivity index is 2.48. The van der Waals surface area contributed by atoms with E-state index >= 15 is 0 Å². The second kappa shape index (κ2) is 4.94. The summed E-state index contributed by atoms with van der Waals surface area (Å²) in [5.74, 6) is 0. The Morgan fingerprint density at radius 3 is 2.35 bits per heavy atom. The lowest BCUT2D eigenvalue weighted by molar-refractivity contribution is 0.0251. The highest BCUT2D eigenvalue weighted by atomic mass is 19.3. The molecule has 0 heterocycles. The van der Waals surface area contributed by atoms with E-state index in [0.29, 0.717) is 30.3 Å². The minimum atomic E-state index is -2.40. The van der Waals surface area contributed by atoms with E-state index in [1.54, 1.807) is 24.3 Å². The van der Waals surface area contributed by atoms with Crippen molar-refractivity contribution < 1.29 is 13.6 Å². The van der Waals surface area contributed by atoms with Crippen LogP contribution >= 0.6 is 0 Å². The van der Waals surface area contributed by atoms with Gasteiger partial charge in [-0.2, -0.15) is 0 Å². The van der Waals surface area contributed by atoms with Crippen molar-refractivity contribution in [2.45, 2.75) is 43.9 Å². The Labute approximate surface area is 99.8 Å². The first-order valence-corrected chi connectivity index (χ1v) is 6.03. The lowest BCUT2D eigenvalue weighted by Gasteiger charge is -2.37. The first-order valence-electron chi connectivity index (χ1n) is 6.03. The predicted octanol–water partition coefficient (Wildman–Crippen LogP) is 3.97. The van der Waals surface area contributed by atoms with E-state index < -0.39 is 11.8 Å². The minimum Gasteiger partial charge on any atom is -0.298 e. The third kappa shape index (κ3) is 2.11. The molecule has 2 rings (SSSR count). The number of hydrogen-bond donors (Lipinski definition) is 0. The number of carbonyl (C=O) groups is 1. The van der Waals surface area contributed by atoms with Crippen molar-refractivity contribution in [1.29, 1.82) is 0 Å². The van der Waals surface area contributed by atoms with Crippen LogP contribution in [-0.4, -0.2) is 12.7 Å². The average molecular weight is 238 g/mol. The molecular formula is C14H16F2O. The third-order valence-electron chi connectivity index (χ3n) is 3.79. The summed E-state index contributed by atoms with van der Waals surface area (Å²) in [4.78, 5) is 11.0. The van der Waals surface area contributed by atoms with E-state index in [-0.39, 0.29) is 0 Å². The van der Waals surface area contributed by atoms with E-state index in [2.05, 4.69) is 0 Å². The van der Waals surface area contributed by atoms with Gasteiger partial charge < -0.3 is 0 Å². The molecule has 17 heavy (non-hydrogen) atoms. The van der Waals surface area contributed by atoms with Gasteiger partial charge in [0, 0.05) is 5.56 Å². The van der Waals surface area contributed by atoms with Crippen LogP contribution in [0.4, 0.5) is 8.78 Å². The van der Waals surface area contributed by atoms with Gasteiger partial charge in [0.15, 0.2) is 0 Å². The molecule has 0 aromatic heterocycles. The molecular weight excluding hydrogens is 222 g/mol. The topological polar surface area (TPSA) is 17.1 Å². The molecule has 0 radical (unpaired) electrons. The first kappa shape index (κ1) is 12.2. The van der Waals surface area contributed by atoms with E-state index in [4.69, 9.17) is 0 Å². The zero-order chi connectivity index (χ0) is 12.3.